The van der Waals surface area contributed by atoms with Gasteiger partial charge in [-0.1, -0.05) is 25.5 Å². The molecule has 0 saturated heterocycles. The minimum absolute atomic E-state index is 0. The number of hydrogen-bond donors (Lipinski definition) is 2. The minimum atomic E-state index is 0. The Labute approximate surface area is 151 Å². The number of rotatable bonds is 6. The van der Waals surface area contributed by atoms with Gasteiger partial charge in [0, 0.05) is 20.1 Å². The molecule has 1 fully saturated rings. The van der Waals surface area contributed by atoms with E-state index >= 15 is 0 Å². The number of halogens is 1. The monoisotopic (exact) mass is 417 g/mol. The van der Waals surface area contributed by atoms with Gasteiger partial charge in [0.15, 0.2) is 5.96 Å². The molecule has 0 radical (unpaired) electrons. The van der Waals surface area contributed by atoms with Gasteiger partial charge >= 0.3 is 0 Å². The van der Waals surface area contributed by atoms with E-state index in [4.69, 9.17) is 4.74 Å². The standard InChI is InChI=1S/C17H27N3O.HI/c1-4-17(10-5-11-17)13-20-16(18-2)19-12-14-6-8-15(21-3)9-7-14;/h6-9H,4-5,10-13H2,1-3H3,(H2,18,19,20);1H. The molecule has 22 heavy (non-hydrogen) atoms. The van der Waals surface area contributed by atoms with Crippen molar-refractivity contribution in [3.63, 3.8) is 0 Å². The van der Waals surface area contributed by atoms with E-state index in [0.29, 0.717) is 5.41 Å². The summed E-state index contributed by atoms with van der Waals surface area (Å²) in [7, 11) is 3.51. The highest BCUT2D eigenvalue weighted by Gasteiger charge is 2.34. The molecule has 1 aliphatic carbocycles. The number of nitrogens with zero attached hydrogens (tertiary/aromatic N) is 1. The highest BCUT2D eigenvalue weighted by Crippen LogP contribution is 2.42. The fraction of sp³-hybridized carbons (Fsp3) is 0.588. The van der Waals surface area contributed by atoms with Gasteiger partial charge in [0.2, 0.25) is 0 Å². The first-order chi connectivity index (χ1) is 10.2. The van der Waals surface area contributed by atoms with Crippen molar-refractivity contribution in [2.45, 2.75) is 39.2 Å². The van der Waals surface area contributed by atoms with Crippen LogP contribution in [0.2, 0.25) is 0 Å². The second kappa shape index (κ2) is 9.22. The summed E-state index contributed by atoms with van der Waals surface area (Å²) in [6.07, 6.45) is 5.29. The Kier molecular flexibility index (Phi) is 8.00. The van der Waals surface area contributed by atoms with Crippen molar-refractivity contribution in [3.05, 3.63) is 29.8 Å². The lowest BCUT2D eigenvalue weighted by atomic mass is 9.67. The second-order valence-corrected chi connectivity index (χ2v) is 5.83. The number of ether oxygens (including phenoxy) is 1. The fourth-order valence-corrected chi connectivity index (χ4v) is 2.75. The van der Waals surface area contributed by atoms with Crippen molar-refractivity contribution < 1.29 is 4.74 Å². The summed E-state index contributed by atoms with van der Waals surface area (Å²) in [6, 6.07) is 8.10. The quantitative estimate of drug-likeness (QED) is 0.423. The third-order valence-electron chi connectivity index (χ3n) is 4.64. The molecule has 0 unspecified atom stereocenters. The lowest BCUT2D eigenvalue weighted by molar-refractivity contribution is 0.131. The van der Waals surface area contributed by atoms with E-state index in [-0.39, 0.29) is 24.0 Å². The van der Waals surface area contributed by atoms with Crippen LogP contribution >= 0.6 is 24.0 Å². The molecule has 5 heteroatoms. The lowest BCUT2D eigenvalue weighted by Crippen LogP contribution is -2.46. The van der Waals surface area contributed by atoms with E-state index in [1.807, 2.05) is 19.2 Å². The molecular formula is C17H28IN3O. The van der Waals surface area contributed by atoms with Crippen LogP contribution in [0.25, 0.3) is 0 Å². The van der Waals surface area contributed by atoms with E-state index < -0.39 is 0 Å². The van der Waals surface area contributed by atoms with E-state index in [1.54, 1.807) is 7.11 Å². The van der Waals surface area contributed by atoms with Gasteiger partial charge in [-0.25, -0.2) is 0 Å². The van der Waals surface area contributed by atoms with Crippen LogP contribution in [0, 0.1) is 5.41 Å². The molecule has 1 saturated carbocycles. The van der Waals surface area contributed by atoms with E-state index in [2.05, 4.69) is 34.7 Å². The Hall–Kier alpha value is -0.980. The van der Waals surface area contributed by atoms with E-state index in [0.717, 1.165) is 24.8 Å². The summed E-state index contributed by atoms with van der Waals surface area (Å²) in [5.41, 5.74) is 1.71. The Morgan fingerprint density at radius 3 is 2.36 bits per heavy atom. The molecule has 124 valence electrons. The maximum absolute atomic E-state index is 5.17. The number of hydrogen-bond acceptors (Lipinski definition) is 2. The first kappa shape index (κ1) is 19.1. The van der Waals surface area contributed by atoms with E-state index in [9.17, 15) is 0 Å². The Bertz CT molecular complexity index is 464. The molecule has 1 aromatic carbocycles. The smallest absolute Gasteiger partial charge is 0.191 e. The maximum atomic E-state index is 5.17. The van der Waals surface area contributed by atoms with Crippen LogP contribution in [-0.4, -0.2) is 26.7 Å². The molecule has 4 nitrogen and oxygen atoms in total. The van der Waals surface area contributed by atoms with Crippen LogP contribution in [0.5, 0.6) is 5.75 Å². The normalized spacial score (nSPS) is 16.2. The molecule has 0 bridgehead atoms. The zero-order chi connectivity index (χ0) is 15.1. The van der Waals surface area contributed by atoms with Gasteiger partial charge in [-0.05, 0) is 42.4 Å². The van der Waals surface area contributed by atoms with Crippen LogP contribution in [0.15, 0.2) is 29.3 Å². The Balaban J connectivity index is 0.00000242. The molecule has 1 aliphatic rings. The zero-order valence-electron chi connectivity index (χ0n) is 13.8. The van der Waals surface area contributed by atoms with Crippen molar-refractivity contribution in [1.82, 2.24) is 10.6 Å². The minimum Gasteiger partial charge on any atom is -0.497 e. The summed E-state index contributed by atoms with van der Waals surface area (Å²) >= 11 is 0. The SMILES string of the molecule is CCC1(CNC(=NC)NCc2ccc(OC)cc2)CCC1.I. The highest BCUT2D eigenvalue weighted by molar-refractivity contribution is 14.0. The molecule has 0 atom stereocenters. The summed E-state index contributed by atoms with van der Waals surface area (Å²) in [6.45, 7) is 4.07. The topological polar surface area (TPSA) is 45.7 Å². The number of aliphatic imine (C=N–C) groups is 1. The second-order valence-electron chi connectivity index (χ2n) is 5.83. The molecule has 1 aromatic rings. The van der Waals surface area contributed by atoms with Gasteiger partial charge in [0.25, 0.3) is 0 Å². The van der Waals surface area contributed by atoms with Crippen LogP contribution in [0.4, 0.5) is 0 Å². The zero-order valence-corrected chi connectivity index (χ0v) is 16.1. The van der Waals surface area contributed by atoms with Crippen LogP contribution in [0.1, 0.15) is 38.2 Å². The number of benzene rings is 1. The van der Waals surface area contributed by atoms with Crippen LogP contribution in [0.3, 0.4) is 0 Å². The number of guanidine groups is 1. The molecule has 0 aliphatic heterocycles. The fourth-order valence-electron chi connectivity index (χ4n) is 2.75. The van der Waals surface area contributed by atoms with Gasteiger partial charge in [-0.15, -0.1) is 24.0 Å². The van der Waals surface area contributed by atoms with E-state index in [1.165, 1.54) is 31.2 Å². The average Bonchev–Trinajstić information content (AvgIpc) is 2.50. The highest BCUT2D eigenvalue weighted by atomic mass is 127. The molecule has 0 amide bonds. The molecule has 2 rings (SSSR count). The maximum Gasteiger partial charge on any atom is 0.191 e. The molecule has 2 N–H and O–H groups in total. The summed E-state index contributed by atoms with van der Waals surface area (Å²) in [5.74, 6) is 1.77. The van der Waals surface area contributed by atoms with Crippen molar-refractivity contribution in [2.75, 3.05) is 20.7 Å². The number of methoxy groups -OCH3 is 1. The van der Waals surface area contributed by atoms with Gasteiger partial charge < -0.3 is 15.4 Å². The largest absolute Gasteiger partial charge is 0.497 e. The molecule has 0 spiro atoms. The molecule has 0 heterocycles. The summed E-state index contributed by atoms with van der Waals surface area (Å²) in [5, 5.41) is 6.84. The number of nitrogens with one attached hydrogen (secondary N) is 2. The third kappa shape index (κ3) is 5.04. The average molecular weight is 417 g/mol. The van der Waals surface area contributed by atoms with Crippen molar-refractivity contribution >= 4 is 29.9 Å². The third-order valence-corrected chi connectivity index (χ3v) is 4.64. The van der Waals surface area contributed by atoms with Crippen molar-refractivity contribution in [2.24, 2.45) is 10.4 Å². The predicted octanol–water partition coefficient (Wildman–Crippen LogP) is 3.56. The Morgan fingerprint density at radius 2 is 1.91 bits per heavy atom. The van der Waals surface area contributed by atoms with Gasteiger partial charge in [0.05, 0.1) is 7.11 Å². The van der Waals surface area contributed by atoms with Crippen molar-refractivity contribution in [3.8, 4) is 5.75 Å². The summed E-state index contributed by atoms with van der Waals surface area (Å²) in [4.78, 5) is 4.30. The van der Waals surface area contributed by atoms with Gasteiger partial charge in [-0.3, -0.25) is 4.99 Å². The Morgan fingerprint density at radius 1 is 1.23 bits per heavy atom. The van der Waals surface area contributed by atoms with Gasteiger partial charge in [-0.2, -0.15) is 0 Å². The van der Waals surface area contributed by atoms with Gasteiger partial charge in [0.1, 0.15) is 5.75 Å². The van der Waals surface area contributed by atoms with Crippen LogP contribution < -0.4 is 15.4 Å². The van der Waals surface area contributed by atoms with Crippen LogP contribution in [-0.2, 0) is 6.54 Å². The first-order valence-corrected chi connectivity index (χ1v) is 7.79. The lowest BCUT2D eigenvalue weighted by Gasteiger charge is -2.41. The van der Waals surface area contributed by atoms with Crippen molar-refractivity contribution in [1.29, 1.82) is 0 Å². The molecular weight excluding hydrogens is 389 g/mol. The summed E-state index contributed by atoms with van der Waals surface area (Å²) < 4.78 is 5.17. The predicted molar refractivity (Wildman–Crippen MR) is 103 cm³/mol. The first-order valence-electron chi connectivity index (χ1n) is 7.79. The molecule has 0 aromatic heterocycles.